The highest BCUT2D eigenvalue weighted by molar-refractivity contribution is 5.95. The van der Waals surface area contributed by atoms with Crippen LogP contribution in [0.15, 0.2) is 54.7 Å². The molecule has 188 valence electrons. The molecule has 36 heavy (non-hydrogen) atoms. The number of amides is 2. The minimum Gasteiger partial charge on any atom is -0.479 e. The smallest absolute Gasteiger partial charge is 0.362 e. The predicted molar refractivity (Wildman–Crippen MR) is 124 cm³/mol. The van der Waals surface area contributed by atoms with Crippen LogP contribution < -0.4 is 15.4 Å². The molecule has 0 aliphatic rings. The highest BCUT2D eigenvalue weighted by Crippen LogP contribution is 2.23. The van der Waals surface area contributed by atoms with Crippen LogP contribution in [0.1, 0.15) is 23.8 Å². The first-order valence-corrected chi connectivity index (χ1v) is 10.7. The van der Waals surface area contributed by atoms with Crippen molar-refractivity contribution in [1.82, 2.24) is 9.78 Å². The third kappa shape index (κ3) is 6.40. The van der Waals surface area contributed by atoms with Gasteiger partial charge in [0.1, 0.15) is 5.82 Å². The van der Waals surface area contributed by atoms with Crippen molar-refractivity contribution in [1.29, 1.82) is 0 Å². The summed E-state index contributed by atoms with van der Waals surface area (Å²) in [6.07, 6.45) is 1.18. The number of esters is 1. The van der Waals surface area contributed by atoms with Crippen LogP contribution in [0.4, 0.5) is 15.8 Å². The first kappa shape index (κ1) is 25.8. The van der Waals surface area contributed by atoms with Crippen LogP contribution in [-0.4, -0.2) is 52.2 Å². The highest BCUT2D eigenvalue weighted by Gasteiger charge is 2.23. The second-order valence-corrected chi connectivity index (χ2v) is 7.31. The molecule has 3 aromatic rings. The number of ether oxygens (including phenoxy) is 2. The monoisotopic (exact) mass is 499 g/mol. The van der Waals surface area contributed by atoms with Gasteiger partial charge in [-0.2, -0.15) is 5.10 Å². The van der Waals surface area contributed by atoms with Crippen molar-refractivity contribution in [2.45, 2.75) is 13.3 Å². The molecular weight excluding hydrogens is 477 g/mol. The number of benzene rings is 2. The number of non-ortho nitro benzene ring substituents is 1. The van der Waals surface area contributed by atoms with E-state index in [-0.39, 0.29) is 36.7 Å². The molecule has 2 N–H and O–H groups in total. The number of aromatic nitrogens is 2. The van der Waals surface area contributed by atoms with Crippen LogP contribution in [0.25, 0.3) is 5.69 Å². The Labute approximate surface area is 204 Å². The minimum absolute atomic E-state index is 0.0626. The van der Waals surface area contributed by atoms with Gasteiger partial charge >= 0.3 is 5.97 Å². The Bertz CT molecular complexity index is 1260. The molecule has 0 atom stereocenters. The Balaban J connectivity index is 1.85. The van der Waals surface area contributed by atoms with Crippen molar-refractivity contribution in [2.24, 2.45) is 5.73 Å². The number of nitrogens with two attached hydrogens (primary N) is 1. The van der Waals surface area contributed by atoms with Crippen molar-refractivity contribution in [3.8, 4) is 11.4 Å². The number of anilines is 1. The Morgan fingerprint density at radius 2 is 1.81 bits per heavy atom. The van der Waals surface area contributed by atoms with Crippen LogP contribution in [-0.2, 0) is 14.3 Å². The second-order valence-electron chi connectivity index (χ2n) is 7.31. The van der Waals surface area contributed by atoms with Crippen LogP contribution in [0, 0.1) is 15.9 Å². The molecule has 0 saturated heterocycles. The number of halogens is 1. The van der Waals surface area contributed by atoms with E-state index in [0.29, 0.717) is 11.4 Å². The summed E-state index contributed by atoms with van der Waals surface area (Å²) < 4.78 is 25.2. The summed E-state index contributed by atoms with van der Waals surface area (Å²) >= 11 is 0. The molecule has 0 bridgehead atoms. The summed E-state index contributed by atoms with van der Waals surface area (Å²) in [7, 11) is 0. The zero-order chi connectivity index (χ0) is 26.2. The van der Waals surface area contributed by atoms with Crippen molar-refractivity contribution in [2.75, 3.05) is 24.7 Å². The quantitative estimate of drug-likeness (QED) is 0.239. The fourth-order valence-corrected chi connectivity index (χ4v) is 3.12. The fourth-order valence-electron chi connectivity index (χ4n) is 3.12. The summed E-state index contributed by atoms with van der Waals surface area (Å²) in [5.41, 5.74) is 5.57. The molecule has 0 spiro atoms. The van der Waals surface area contributed by atoms with Gasteiger partial charge in [-0.05, 0) is 43.3 Å². The number of nitrogens with zero attached hydrogens (tertiary/aromatic N) is 4. The van der Waals surface area contributed by atoms with Gasteiger partial charge in [-0.3, -0.25) is 19.7 Å². The summed E-state index contributed by atoms with van der Waals surface area (Å²) in [6.45, 7) is 1.03. The van der Waals surface area contributed by atoms with Crippen molar-refractivity contribution < 1.29 is 33.2 Å². The Kier molecular flexibility index (Phi) is 8.28. The van der Waals surface area contributed by atoms with Crippen LogP contribution >= 0.6 is 0 Å². The standard InChI is InChI=1S/C23H22FN5O7/c1-2-35-23(32)22-19(13-28(26-22)17-7-9-18(10-8-17)29(33)34)36-14-21(31)27(12-11-20(25)30)16-5-3-15(24)4-6-16/h3-10,13H,2,11-12,14H2,1H3,(H2,25,30). The number of carbonyl (C=O) groups excluding carboxylic acids is 3. The van der Waals surface area contributed by atoms with E-state index in [1.165, 1.54) is 52.2 Å². The number of rotatable bonds is 11. The number of hydrogen-bond donors (Lipinski definition) is 1. The topological polar surface area (TPSA) is 160 Å². The van der Waals surface area contributed by atoms with E-state index in [2.05, 4.69) is 5.10 Å². The second kappa shape index (κ2) is 11.6. The predicted octanol–water partition coefficient (Wildman–Crippen LogP) is 2.38. The first-order chi connectivity index (χ1) is 17.2. The minimum atomic E-state index is -0.801. The van der Waals surface area contributed by atoms with Gasteiger partial charge in [0, 0.05) is 30.8 Å². The zero-order valence-corrected chi connectivity index (χ0v) is 19.1. The Morgan fingerprint density at radius 3 is 2.39 bits per heavy atom. The van der Waals surface area contributed by atoms with E-state index in [9.17, 15) is 28.9 Å². The average molecular weight is 499 g/mol. The van der Waals surface area contributed by atoms with E-state index in [1.807, 2.05) is 0 Å². The maximum Gasteiger partial charge on any atom is 0.362 e. The number of carbonyl (C=O) groups is 3. The highest BCUT2D eigenvalue weighted by atomic mass is 19.1. The molecule has 1 aromatic heterocycles. The van der Waals surface area contributed by atoms with E-state index in [4.69, 9.17) is 15.2 Å². The maximum atomic E-state index is 13.3. The van der Waals surface area contributed by atoms with Gasteiger partial charge < -0.3 is 20.1 Å². The zero-order valence-electron chi connectivity index (χ0n) is 19.1. The Morgan fingerprint density at radius 1 is 1.14 bits per heavy atom. The summed E-state index contributed by atoms with van der Waals surface area (Å²) in [4.78, 5) is 48.2. The summed E-state index contributed by atoms with van der Waals surface area (Å²) in [5.74, 6) is -2.61. The number of primary amides is 1. The first-order valence-electron chi connectivity index (χ1n) is 10.7. The molecule has 0 fully saturated rings. The van der Waals surface area contributed by atoms with Gasteiger partial charge in [0.15, 0.2) is 12.4 Å². The molecule has 0 radical (unpaired) electrons. The molecular formula is C23H22FN5O7. The van der Waals surface area contributed by atoms with Gasteiger partial charge in [-0.1, -0.05) is 0 Å². The SMILES string of the molecule is CCOC(=O)c1nn(-c2ccc([N+](=O)[O-])cc2)cc1OCC(=O)N(CCC(N)=O)c1ccc(F)cc1. The number of nitro benzene ring substituents is 1. The van der Waals surface area contributed by atoms with E-state index < -0.39 is 35.1 Å². The van der Waals surface area contributed by atoms with Gasteiger partial charge in [0.25, 0.3) is 11.6 Å². The summed E-state index contributed by atoms with van der Waals surface area (Å²) in [5, 5.41) is 15.0. The largest absolute Gasteiger partial charge is 0.479 e. The normalized spacial score (nSPS) is 10.5. The van der Waals surface area contributed by atoms with Gasteiger partial charge in [0.05, 0.1) is 23.4 Å². The van der Waals surface area contributed by atoms with Crippen molar-refractivity contribution >= 4 is 29.2 Å². The molecule has 0 saturated carbocycles. The number of nitro groups is 1. The van der Waals surface area contributed by atoms with Gasteiger partial charge in [-0.15, -0.1) is 0 Å². The number of hydrogen-bond acceptors (Lipinski definition) is 8. The van der Waals surface area contributed by atoms with Crippen molar-refractivity contribution in [3.63, 3.8) is 0 Å². The molecule has 0 unspecified atom stereocenters. The third-order valence-corrected chi connectivity index (χ3v) is 4.85. The Hall–Kier alpha value is -4.81. The molecule has 12 nitrogen and oxygen atoms in total. The summed E-state index contributed by atoms with van der Waals surface area (Å²) in [6, 6.07) is 10.4. The van der Waals surface area contributed by atoms with Crippen LogP contribution in [0.5, 0.6) is 5.75 Å². The average Bonchev–Trinajstić information content (AvgIpc) is 3.28. The lowest BCUT2D eigenvalue weighted by molar-refractivity contribution is -0.384. The van der Waals surface area contributed by atoms with Crippen molar-refractivity contribution in [3.05, 3.63) is 76.4 Å². The van der Waals surface area contributed by atoms with Crippen LogP contribution in [0.3, 0.4) is 0 Å². The lowest BCUT2D eigenvalue weighted by atomic mass is 10.2. The maximum absolute atomic E-state index is 13.3. The third-order valence-electron chi connectivity index (χ3n) is 4.85. The molecule has 2 amide bonds. The van der Waals surface area contributed by atoms with E-state index >= 15 is 0 Å². The molecule has 13 heteroatoms. The molecule has 1 heterocycles. The van der Waals surface area contributed by atoms with E-state index in [0.717, 1.165) is 12.1 Å². The molecule has 2 aromatic carbocycles. The van der Waals surface area contributed by atoms with Gasteiger partial charge in [-0.25, -0.2) is 13.9 Å². The molecule has 0 aliphatic heterocycles. The van der Waals surface area contributed by atoms with E-state index in [1.54, 1.807) is 6.92 Å². The fraction of sp³-hybridized carbons (Fsp3) is 0.217. The van der Waals surface area contributed by atoms with Gasteiger partial charge in [0.2, 0.25) is 11.6 Å². The van der Waals surface area contributed by atoms with Crippen LogP contribution in [0.2, 0.25) is 0 Å². The lowest BCUT2D eigenvalue weighted by Gasteiger charge is -2.22. The molecule has 3 rings (SSSR count). The lowest BCUT2D eigenvalue weighted by Crippen LogP contribution is -2.37. The molecule has 0 aliphatic carbocycles.